The molecule has 0 rings (SSSR count). The topological polar surface area (TPSA) is 58.6 Å². The highest BCUT2D eigenvalue weighted by Crippen LogP contribution is 2.00. The fourth-order valence-electron chi connectivity index (χ4n) is 1.66. The van der Waals surface area contributed by atoms with Gasteiger partial charge in [-0.1, -0.05) is 13.3 Å². The quantitative estimate of drug-likeness (QED) is 0.664. The molecule has 0 heterocycles. The molecule has 0 aromatic rings. The smallest absolute Gasteiger partial charge is 0.319 e. The summed E-state index contributed by atoms with van der Waals surface area (Å²) in [6.45, 7) is 8.34. The molecule has 0 aliphatic carbocycles. The van der Waals surface area contributed by atoms with Gasteiger partial charge < -0.3 is 10.1 Å². The van der Waals surface area contributed by atoms with Gasteiger partial charge in [0.2, 0.25) is 5.91 Å². The summed E-state index contributed by atoms with van der Waals surface area (Å²) in [6, 6.07) is 0.297. The molecule has 0 fully saturated rings. The Hall–Kier alpha value is -1.10. The third-order valence-corrected chi connectivity index (χ3v) is 2.77. The molecular weight excluding hydrogens is 232 g/mol. The molecule has 0 aliphatic rings. The number of carbonyl (C=O) groups is 2. The standard InChI is InChI=1S/C13H26N2O3/c1-6-7-11(4)14-12(16)8-15(10(2)3)9-13(17)18-5/h10-11H,6-9H2,1-5H3,(H,14,16). The molecule has 0 aromatic heterocycles. The van der Waals surface area contributed by atoms with Crippen LogP contribution in [0.2, 0.25) is 0 Å². The third kappa shape index (κ3) is 7.27. The molecule has 1 unspecified atom stereocenters. The van der Waals surface area contributed by atoms with Crippen LogP contribution in [0, 0.1) is 0 Å². The van der Waals surface area contributed by atoms with Gasteiger partial charge >= 0.3 is 5.97 Å². The maximum absolute atomic E-state index is 11.8. The van der Waals surface area contributed by atoms with E-state index in [0.29, 0.717) is 0 Å². The van der Waals surface area contributed by atoms with Crippen molar-refractivity contribution in [1.82, 2.24) is 10.2 Å². The molecule has 5 nitrogen and oxygen atoms in total. The van der Waals surface area contributed by atoms with Crippen LogP contribution in [0.25, 0.3) is 0 Å². The van der Waals surface area contributed by atoms with E-state index in [2.05, 4.69) is 17.0 Å². The number of nitrogens with one attached hydrogen (secondary N) is 1. The lowest BCUT2D eigenvalue weighted by Gasteiger charge is -2.25. The van der Waals surface area contributed by atoms with Gasteiger partial charge in [0.1, 0.15) is 0 Å². The molecule has 0 spiro atoms. The lowest BCUT2D eigenvalue weighted by molar-refractivity contribution is -0.142. The van der Waals surface area contributed by atoms with Crippen molar-refractivity contribution < 1.29 is 14.3 Å². The summed E-state index contributed by atoms with van der Waals surface area (Å²) in [4.78, 5) is 24.8. The van der Waals surface area contributed by atoms with Gasteiger partial charge in [0.25, 0.3) is 0 Å². The number of rotatable bonds is 8. The van der Waals surface area contributed by atoms with Crippen LogP contribution in [-0.4, -0.2) is 49.1 Å². The molecule has 0 bridgehead atoms. The number of ether oxygens (including phenoxy) is 1. The van der Waals surface area contributed by atoms with Crippen molar-refractivity contribution >= 4 is 11.9 Å². The van der Waals surface area contributed by atoms with E-state index < -0.39 is 0 Å². The molecule has 1 N–H and O–H groups in total. The van der Waals surface area contributed by atoms with Gasteiger partial charge in [0.15, 0.2) is 0 Å². The Morgan fingerprint density at radius 3 is 2.28 bits per heavy atom. The van der Waals surface area contributed by atoms with E-state index in [1.54, 1.807) is 4.90 Å². The Morgan fingerprint density at radius 2 is 1.83 bits per heavy atom. The van der Waals surface area contributed by atoms with E-state index in [1.165, 1.54) is 7.11 Å². The zero-order valence-corrected chi connectivity index (χ0v) is 12.2. The summed E-state index contributed by atoms with van der Waals surface area (Å²) in [5.74, 6) is -0.369. The first-order chi connectivity index (χ1) is 8.40. The molecule has 0 aromatic carbocycles. The minimum atomic E-state index is -0.321. The van der Waals surface area contributed by atoms with E-state index in [0.717, 1.165) is 12.8 Å². The predicted molar refractivity (Wildman–Crippen MR) is 71.2 cm³/mol. The number of amides is 1. The Balaban J connectivity index is 4.23. The van der Waals surface area contributed by atoms with Crippen LogP contribution < -0.4 is 5.32 Å². The van der Waals surface area contributed by atoms with Crippen molar-refractivity contribution in [3.63, 3.8) is 0 Å². The zero-order chi connectivity index (χ0) is 14.1. The van der Waals surface area contributed by atoms with Gasteiger partial charge in [-0.3, -0.25) is 14.5 Å². The highest BCUT2D eigenvalue weighted by atomic mass is 16.5. The minimum absolute atomic E-state index is 0.0476. The number of methoxy groups -OCH3 is 1. The van der Waals surface area contributed by atoms with Crippen molar-refractivity contribution in [2.75, 3.05) is 20.2 Å². The van der Waals surface area contributed by atoms with E-state index in [-0.39, 0.29) is 37.0 Å². The molecule has 106 valence electrons. The van der Waals surface area contributed by atoms with E-state index in [4.69, 9.17) is 0 Å². The van der Waals surface area contributed by atoms with E-state index in [9.17, 15) is 9.59 Å². The number of carbonyl (C=O) groups excluding carboxylic acids is 2. The molecule has 0 radical (unpaired) electrons. The molecule has 5 heteroatoms. The van der Waals surface area contributed by atoms with Crippen LogP contribution in [0.5, 0.6) is 0 Å². The second kappa shape index (κ2) is 8.91. The fraction of sp³-hybridized carbons (Fsp3) is 0.846. The lowest BCUT2D eigenvalue weighted by Crippen LogP contribution is -2.45. The minimum Gasteiger partial charge on any atom is -0.468 e. The first kappa shape index (κ1) is 16.9. The van der Waals surface area contributed by atoms with Crippen LogP contribution in [0.15, 0.2) is 0 Å². The summed E-state index contributed by atoms with van der Waals surface area (Å²) in [5, 5.41) is 2.92. The SMILES string of the molecule is CCCC(C)NC(=O)CN(CC(=O)OC)C(C)C. The summed E-state index contributed by atoms with van der Waals surface area (Å²) in [7, 11) is 1.35. The molecule has 0 saturated carbocycles. The Kier molecular flexibility index (Phi) is 8.37. The summed E-state index contributed by atoms with van der Waals surface area (Å²) in [5.41, 5.74) is 0. The van der Waals surface area contributed by atoms with Crippen molar-refractivity contribution in [2.24, 2.45) is 0 Å². The van der Waals surface area contributed by atoms with Gasteiger partial charge in [-0.15, -0.1) is 0 Å². The Labute approximate surface area is 110 Å². The number of esters is 1. The van der Waals surface area contributed by atoms with Gasteiger partial charge in [-0.25, -0.2) is 0 Å². The van der Waals surface area contributed by atoms with Gasteiger partial charge in [0.05, 0.1) is 20.2 Å². The van der Waals surface area contributed by atoms with Gasteiger partial charge in [-0.05, 0) is 27.2 Å². The van der Waals surface area contributed by atoms with E-state index in [1.807, 2.05) is 20.8 Å². The van der Waals surface area contributed by atoms with Crippen LogP contribution in [0.4, 0.5) is 0 Å². The average Bonchev–Trinajstić information content (AvgIpc) is 2.27. The second-order valence-electron chi connectivity index (χ2n) is 4.83. The molecule has 1 amide bonds. The summed E-state index contributed by atoms with van der Waals surface area (Å²) in [6.07, 6.45) is 2.00. The Morgan fingerprint density at radius 1 is 1.22 bits per heavy atom. The fourth-order valence-corrected chi connectivity index (χ4v) is 1.66. The number of nitrogens with zero attached hydrogens (tertiary/aromatic N) is 1. The lowest BCUT2D eigenvalue weighted by atomic mass is 10.2. The average molecular weight is 258 g/mol. The van der Waals surface area contributed by atoms with Crippen LogP contribution >= 0.6 is 0 Å². The molecule has 0 saturated heterocycles. The van der Waals surface area contributed by atoms with Crippen molar-refractivity contribution in [2.45, 2.75) is 52.6 Å². The van der Waals surface area contributed by atoms with Gasteiger partial charge in [0, 0.05) is 12.1 Å². The molecule has 18 heavy (non-hydrogen) atoms. The zero-order valence-electron chi connectivity index (χ0n) is 12.2. The van der Waals surface area contributed by atoms with Crippen molar-refractivity contribution in [3.05, 3.63) is 0 Å². The predicted octanol–water partition coefficient (Wildman–Crippen LogP) is 1.17. The third-order valence-electron chi connectivity index (χ3n) is 2.77. The highest BCUT2D eigenvalue weighted by molar-refractivity contribution is 5.79. The van der Waals surface area contributed by atoms with Crippen LogP contribution in [0.1, 0.15) is 40.5 Å². The maximum atomic E-state index is 11.8. The van der Waals surface area contributed by atoms with E-state index >= 15 is 0 Å². The van der Waals surface area contributed by atoms with Gasteiger partial charge in [-0.2, -0.15) is 0 Å². The van der Waals surface area contributed by atoms with Crippen molar-refractivity contribution in [1.29, 1.82) is 0 Å². The first-order valence-corrected chi connectivity index (χ1v) is 6.50. The number of hydrogen-bond donors (Lipinski definition) is 1. The van der Waals surface area contributed by atoms with Crippen molar-refractivity contribution in [3.8, 4) is 0 Å². The second-order valence-corrected chi connectivity index (χ2v) is 4.83. The molecular formula is C13H26N2O3. The van der Waals surface area contributed by atoms with Crippen LogP contribution in [-0.2, 0) is 14.3 Å². The largest absolute Gasteiger partial charge is 0.468 e. The highest BCUT2D eigenvalue weighted by Gasteiger charge is 2.18. The Bertz CT molecular complexity index is 267. The molecule has 1 atom stereocenters. The number of hydrogen-bond acceptors (Lipinski definition) is 4. The first-order valence-electron chi connectivity index (χ1n) is 6.50. The normalized spacial score (nSPS) is 12.6. The van der Waals surface area contributed by atoms with Crippen LogP contribution in [0.3, 0.4) is 0 Å². The summed E-state index contributed by atoms with van der Waals surface area (Å²) >= 11 is 0. The summed E-state index contributed by atoms with van der Waals surface area (Å²) < 4.78 is 4.62. The molecule has 0 aliphatic heterocycles. The maximum Gasteiger partial charge on any atom is 0.319 e. The monoisotopic (exact) mass is 258 g/mol.